The Morgan fingerprint density at radius 3 is 2.78 bits per heavy atom. The lowest BCUT2D eigenvalue weighted by Crippen LogP contribution is -2.35. The van der Waals surface area contributed by atoms with E-state index in [2.05, 4.69) is 51.5 Å². The number of nitrogens with zero attached hydrogens (tertiary/aromatic N) is 3. The summed E-state index contributed by atoms with van der Waals surface area (Å²) in [7, 11) is 0. The van der Waals surface area contributed by atoms with E-state index in [4.69, 9.17) is 0 Å². The second-order valence-electron chi connectivity index (χ2n) is 8.77. The molecule has 32 heavy (non-hydrogen) atoms. The molecule has 0 aliphatic carbocycles. The normalized spacial score (nSPS) is 15.5. The first-order valence-corrected chi connectivity index (χ1v) is 11.2. The molecule has 2 N–H and O–H groups in total. The summed E-state index contributed by atoms with van der Waals surface area (Å²) in [6.07, 6.45) is 3.71. The molecule has 2 aliphatic heterocycles. The van der Waals surface area contributed by atoms with Gasteiger partial charge in [-0.2, -0.15) is 0 Å². The molecule has 0 fully saturated rings. The van der Waals surface area contributed by atoms with E-state index in [9.17, 15) is 8.78 Å². The van der Waals surface area contributed by atoms with Crippen LogP contribution in [0, 0.1) is 11.6 Å². The Labute approximate surface area is 186 Å². The molecule has 5 rings (SSSR count). The average molecular weight is 436 g/mol. The number of aromatic nitrogens is 2. The molecule has 0 atom stereocenters. The maximum Gasteiger partial charge on any atom is 0.227 e. The monoisotopic (exact) mass is 435 g/mol. The van der Waals surface area contributed by atoms with Crippen molar-refractivity contribution >= 4 is 17.3 Å². The number of rotatable bonds is 4. The van der Waals surface area contributed by atoms with Crippen LogP contribution < -0.4 is 15.5 Å². The van der Waals surface area contributed by atoms with Crippen LogP contribution in [-0.4, -0.2) is 29.1 Å². The average Bonchev–Trinajstić information content (AvgIpc) is 2.79. The van der Waals surface area contributed by atoms with Gasteiger partial charge in [-0.1, -0.05) is 6.07 Å². The lowest BCUT2D eigenvalue weighted by Gasteiger charge is -2.35. The standard InChI is InChI=1S/C25H27F2N5/c1-15(2)32-9-3-4-20-21(26)11-18(12-23(20)32)24-22(27)14-29-25(31-24)30-19-6-5-17-13-28-8-7-16(17)10-19/h5-6,10-12,14-15,28H,3-4,7-9,13H2,1-2H3,(H,29,30,31). The molecule has 1 aromatic heterocycles. The zero-order chi connectivity index (χ0) is 22.2. The van der Waals surface area contributed by atoms with Crippen LogP contribution in [0.15, 0.2) is 36.5 Å². The van der Waals surface area contributed by atoms with Crippen LogP contribution in [0.5, 0.6) is 0 Å². The second-order valence-corrected chi connectivity index (χ2v) is 8.77. The van der Waals surface area contributed by atoms with Crippen molar-refractivity contribution in [3.8, 4) is 11.3 Å². The number of nitrogens with one attached hydrogen (secondary N) is 2. The summed E-state index contributed by atoms with van der Waals surface area (Å²) in [6.45, 7) is 6.85. The molecule has 0 radical (unpaired) electrons. The first kappa shape index (κ1) is 20.8. The lowest BCUT2D eigenvalue weighted by molar-refractivity contribution is 0.572. The van der Waals surface area contributed by atoms with Crippen molar-refractivity contribution in [1.29, 1.82) is 0 Å². The highest BCUT2D eigenvalue weighted by Gasteiger charge is 2.24. The maximum absolute atomic E-state index is 15.0. The predicted molar refractivity (Wildman–Crippen MR) is 123 cm³/mol. The van der Waals surface area contributed by atoms with Gasteiger partial charge in [-0.05, 0) is 75.0 Å². The van der Waals surface area contributed by atoms with Crippen molar-refractivity contribution in [3.63, 3.8) is 0 Å². The minimum atomic E-state index is -0.571. The Kier molecular flexibility index (Phi) is 5.51. The van der Waals surface area contributed by atoms with Gasteiger partial charge in [0.1, 0.15) is 11.5 Å². The Balaban J connectivity index is 1.49. The first-order chi connectivity index (χ1) is 15.5. The van der Waals surface area contributed by atoms with Crippen molar-refractivity contribution in [2.45, 2.75) is 45.7 Å². The van der Waals surface area contributed by atoms with Gasteiger partial charge in [-0.25, -0.2) is 18.7 Å². The van der Waals surface area contributed by atoms with Crippen LogP contribution in [-0.2, 0) is 19.4 Å². The SMILES string of the molecule is CC(C)N1CCCc2c(F)cc(-c3nc(Nc4ccc5c(c4)CCNC5)ncc3F)cc21. The molecule has 0 saturated heterocycles. The molecule has 2 aromatic carbocycles. The van der Waals surface area contributed by atoms with E-state index in [1.165, 1.54) is 17.2 Å². The third-order valence-corrected chi connectivity index (χ3v) is 6.30. The van der Waals surface area contributed by atoms with Crippen LogP contribution in [0.1, 0.15) is 37.0 Å². The molecule has 3 aromatic rings. The van der Waals surface area contributed by atoms with E-state index in [1.807, 2.05) is 12.1 Å². The van der Waals surface area contributed by atoms with Gasteiger partial charge in [-0.3, -0.25) is 0 Å². The topological polar surface area (TPSA) is 53.1 Å². The summed E-state index contributed by atoms with van der Waals surface area (Å²) in [6, 6.07) is 9.62. The second kappa shape index (κ2) is 8.47. The Morgan fingerprint density at radius 1 is 1.06 bits per heavy atom. The van der Waals surface area contributed by atoms with Gasteiger partial charge < -0.3 is 15.5 Å². The molecule has 166 valence electrons. The van der Waals surface area contributed by atoms with Crippen molar-refractivity contribution in [2.24, 2.45) is 0 Å². The van der Waals surface area contributed by atoms with E-state index < -0.39 is 5.82 Å². The third-order valence-electron chi connectivity index (χ3n) is 6.30. The van der Waals surface area contributed by atoms with Gasteiger partial charge in [0.25, 0.3) is 0 Å². The molecular weight excluding hydrogens is 408 g/mol. The zero-order valence-electron chi connectivity index (χ0n) is 18.4. The predicted octanol–water partition coefficient (Wildman–Crippen LogP) is 4.97. The van der Waals surface area contributed by atoms with Gasteiger partial charge >= 0.3 is 0 Å². The van der Waals surface area contributed by atoms with Gasteiger partial charge in [0.15, 0.2) is 5.82 Å². The summed E-state index contributed by atoms with van der Waals surface area (Å²) >= 11 is 0. The fourth-order valence-corrected chi connectivity index (χ4v) is 4.66. The minimum absolute atomic E-state index is 0.0978. The fraction of sp³-hybridized carbons (Fsp3) is 0.360. The summed E-state index contributed by atoms with van der Waals surface area (Å²) in [5, 5.41) is 6.54. The largest absolute Gasteiger partial charge is 0.369 e. The summed E-state index contributed by atoms with van der Waals surface area (Å²) < 4.78 is 29.7. The maximum atomic E-state index is 15.0. The van der Waals surface area contributed by atoms with E-state index in [0.29, 0.717) is 17.5 Å². The summed E-state index contributed by atoms with van der Waals surface area (Å²) in [5.41, 5.74) is 5.46. The minimum Gasteiger partial charge on any atom is -0.369 e. The van der Waals surface area contributed by atoms with E-state index >= 15 is 0 Å². The van der Waals surface area contributed by atoms with Crippen molar-refractivity contribution in [3.05, 3.63) is 64.9 Å². The highest BCUT2D eigenvalue weighted by Crippen LogP contribution is 2.36. The molecule has 7 heteroatoms. The number of halogens is 2. The van der Waals surface area contributed by atoms with Crippen molar-refractivity contribution in [1.82, 2.24) is 15.3 Å². The summed E-state index contributed by atoms with van der Waals surface area (Å²) in [4.78, 5) is 10.7. The van der Waals surface area contributed by atoms with Crippen molar-refractivity contribution in [2.75, 3.05) is 23.3 Å². The quantitative estimate of drug-likeness (QED) is 0.606. The molecule has 5 nitrogen and oxygen atoms in total. The number of hydrogen-bond donors (Lipinski definition) is 2. The van der Waals surface area contributed by atoms with Crippen LogP contribution in [0.4, 0.5) is 26.1 Å². The van der Waals surface area contributed by atoms with E-state index in [0.717, 1.165) is 50.0 Å². The van der Waals surface area contributed by atoms with Gasteiger partial charge in [0.2, 0.25) is 5.95 Å². The van der Waals surface area contributed by atoms with Gasteiger partial charge in [-0.15, -0.1) is 0 Å². The first-order valence-electron chi connectivity index (χ1n) is 11.2. The number of hydrogen-bond acceptors (Lipinski definition) is 5. The molecular formula is C25H27F2N5. The fourth-order valence-electron chi connectivity index (χ4n) is 4.66. The van der Waals surface area contributed by atoms with Crippen LogP contribution in [0.25, 0.3) is 11.3 Å². The molecule has 3 heterocycles. The Morgan fingerprint density at radius 2 is 1.94 bits per heavy atom. The molecule has 0 spiro atoms. The number of benzene rings is 2. The molecule has 2 aliphatic rings. The van der Waals surface area contributed by atoms with E-state index in [-0.39, 0.29) is 23.5 Å². The highest BCUT2D eigenvalue weighted by atomic mass is 19.1. The third kappa shape index (κ3) is 3.93. The zero-order valence-corrected chi connectivity index (χ0v) is 18.4. The lowest BCUT2D eigenvalue weighted by atomic mass is 9.96. The highest BCUT2D eigenvalue weighted by molar-refractivity contribution is 5.71. The number of anilines is 3. The molecule has 0 amide bonds. The summed E-state index contributed by atoms with van der Waals surface area (Å²) in [5.74, 6) is -0.592. The van der Waals surface area contributed by atoms with Crippen molar-refractivity contribution < 1.29 is 8.78 Å². The van der Waals surface area contributed by atoms with Gasteiger partial charge in [0, 0.05) is 41.6 Å². The molecule has 0 bridgehead atoms. The smallest absolute Gasteiger partial charge is 0.227 e. The van der Waals surface area contributed by atoms with Crippen LogP contribution in [0.2, 0.25) is 0 Å². The van der Waals surface area contributed by atoms with Crippen LogP contribution in [0.3, 0.4) is 0 Å². The van der Waals surface area contributed by atoms with E-state index in [1.54, 1.807) is 0 Å². The molecule has 0 unspecified atom stereocenters. The number of fused-ring (bicyclic) bond motifs is 2. The molecule has 0 saturated carbocycles. The van der Waals surface area contributed by atoms with Gasteiger partial charge in [0.05, 0.1) is 6.20 Å². The Hall–Kier alpha value is -3.06. The van der Waals surface area contributed by atoms with Crippen LogP contribution >= 0.6 is 0 Å². The Bertz CT molecular complexity index is 1160.